The zero-order chi connectivity index (χ0) is 9.26. The lowest BCUT2D eigenvalue weighted by Crippen LogP contribution is -2.18. The molecule has 2 rings (SSSR count). The molecule has 0 aromatic heterocycles. The van der Waals surface area contributed by atoms with Crippen LogP contribution in [0.3, 0.4) is 0 Å². The molecule has 0 radical (unpaired) electrons. The lowest BCUT2D eigenvalue weighted by atomic mass is 9.83. The molecule has 2 heteroatoms. The average Bonchev–Trinajstić information content (AvgIpc) is 2.16. The molecular formula is C11H14BrN. The van der Waals surface area contributed by atoms with Crippen LogP contribution in [0.4, 0.5) is 0 Å². The van der Waals surface area contributed by atoms with Crippen LogP contribution in [-0.2, 0) is 6.42 Å². The minimum atomic E-state index is 0.594. The Balaban J connectivity index is 2.40. The first-order valence-corrected chi connectivity index (χ1v) is 5.59. The molecule has 1 nitrogen and oxygen atoms in total. The molecule has 2 N–H and O–H groups in total. The van der Waals surface area contributed by atoms with Crippen LogP contribution < -0.4 is 5.73 Å². The summed E-state index contributed by atoms with van der Waals surface area (Å²) in [5, 5.41) is 0. The van der Waals surface area contributed by atoms with Gasteiger partial charge in [-0.05, 0) is 55.0 Å². The van der Waals surface area contributed by atoms with Gasteiger partial charge in [-0.3, -0.25) is 0 Å². The Morgan fingerprint density at radius 3 is 3.08 bits per heavy atom. The molecule has 0 saturated heterocycles. The van der Waals surface area contributed by atoms with Crippen LogP contribution in [0, 0.1) is 0 Å². The monoisotopic (exact) mass is 239 g/mol. The molecule has 1 aromatic carbocycles. The zero-order valence-electron chi connectivity index (χ0n) is 7.59. The first kappa shape index (κ1) is 9.22. The van der Waals surface area contributed by atoms with Gasteiger partial charge in [-0.2, -0.15) is 0 Å². The van der Waals surface area contributed by atoms with Crippen LogP contribution in [0.1, 0.15) is 29.9 Å². The van der Waals surface area contributed by atoms with E-state index in [0.717, 1.165) is 6.54 Å². The SMILES string of the molecule is NCC1CCCc2cc(Br)ccc21. The number of hydrogen-bond donors (Lipinski definition) is 1. The van der Waals surface area contributed by atoms with Gasteiger partial charge >= 0.3 is 0 Å². The molecule has 0 bridgehead atoms. The van der Waals surface area contributed by atoms with Crippen molar-refractivity contribution in [2.45, 2.75) is 25.2 Å². The van der Waals surface area contributed by atoms with E-state index in [4.69, 9.17) is 5.73 Å². The lowest BCUT2D eigenvalue weighted by Gasteiger charge is -2.24. The zero-order valence-corrected chi connectivity index (χ0v) is 9.18. The van der Waals surface area contributed by atoms with Gasteiger partial charge < -0.3 is 5.73 Å². The summed E-state index contributed by atoms with van der Waals surface area (Å²) >= 11 is 3.50. The molecule has 1 atom stereocenters. The third-order valence-corrected chi connectivity index (χ3v) is 3.32. The van der Waals surface area contributed by atoms with E-state index in [1.807, 2.05) is 0 Å². The van der Waals surface area contributed by atoms with Crippen LogP contribution in [0.15, 0.2) is 22.7 Å². The Morgan fingerprint density at radius 2 is 2.31 bits per heavy atom. The van der Waals surface area contributed by atoms with E-state index in [1.165, 1.54) is 34.9 Å². The van der Waals surface area contributed by atoms with Crippen LogP contribution in [-0.4, -0.2) is 6.54 Å². The van der Waals surface area contributed by atoms with Crippen molar-refractivity contribution in [3.63, 3.8) is 0 Å². The Hall–Kier alpha value is -0.340. The first-order valence-electron chi connectivity index (χ1n) is 4.79. The average molecular weight is 240 g/mol. The number of hydrogen-bond acceptors (Lipinski definition) is 1. The highest BCUT2D eigenvalue weighted by atomic mass is 79.9. The van der Waals surface area contributed by atoms with Crippen molar-refractivity contribution in [1.29, 1.82) is 0 Å². The highest BCUT2D eigenvalue weighted by Crippen LogP contribution is 2.32. The maximum atomic E-state index is 5.74. The van der Waals surface area contributed by atoms with Gasteiger partial charge in [0.05, 0.1) is 0 Å². The maximum Gasteiger partial charge on any atom is 0.0178 e. The predicted octanol–water partition coefficient (Wildman–Crippen LogP) is 2.83. The molecule has 1 aliphatic carbocycles. The van der Waals surface area contributed by atoms with Crippen LogP contribution in [0.2, 0.25) is 0 Å². The normalized spacial score (nSPS) is 21.2. The Bertz CT molecular complexity index is 309. The van der Waals surface area contributed by atoms with Gasteiger partial charge in [0.15, 0.2) is 0 Å². The topological polar surface area (TPSA) is 26.0 Å². The van der Waals surface area contributed by atoms with E-state index in [2.05, 4.69) is 34.1 Å². The number of fused-ring (bicyclic) bond motifs is 1. The summed E-state index contributed by atoms with van der Waals surface area (Å²) in [5.74, 6) is 0.594. The van der Waals surface area contributed by atoms with E-state index >= 15 is 0 Å². The van der Waals surface area contributed by atoms with Gasteiger partial charge in [-0.15, -0.1) is 0 Å². The fraction of sp³-hybridized carbons (Fsp3) is 0.455. The van der Waals surface area contributed by atoms with Crippen molar-refractivity contribution < 1.29 is 0 Å². The number of rotatable bonds is 1. The molecule has 0 amide bonds. The van der Waals surface area contributed by atoms with E-state index in [1.54, 1.807) is 0 Å². The molecule has 0 saturated carbocycles. The Morgan fingerprint density at radius 1 is 1.46 bits per heavy atom. The van der Waals surface area contributed by atoms with Crippen molar-refractivity contribution in [3.05, 3.63) is 33.8 Å². The van der Waals surface area contributed by atoms with Crippen molar-refractivity contribution >= 4 is 15.9 Å². The van der Waals surface area contributed by atoms with Gasteiger partial charge in [0.25, 0.3) is 0 Å². The van der Waals surface area contributed by atoms with E-state index in [-0.39, 0.29) is 0 Å². The predicted molar refractivity (Wildman–Crippen MR) is 58.9 cm³/mol. The second-order valence-electron chi connectivity index (χ2n) is 3.67. The second kappa shape index (κ2) is 3.81. The highest BCUT2D eigenvalue weighted by Gasteiger charge is 2.18. The van der Waals surface area contributed by atoms with Crippen LogP contribution in [0.25, 0.3) is 0 Å². The fourth-order valence-corrected chi connectivity index (χ4v) is 2.54. The number of benzene rings is 1. The molecule has 70 valence electrons. The molecule has 0 aliphatic heterocycles. The third kappa shape index (κ3) is 1.79. The summed E-state index contributed by atoms with van der Waals surface area (Å²) in [4.78, 5) is 0. The van der Waals surface area contributed by atoms with Crippen molar-refractivity contribution in [3.8, 4) is 0 Å². The molecule has 13 heavy (non-hydrogen) atoms. The summed E-state index contributed by atoms with van der Waals surface area (Å²) < 4.78 is 1.18. The fourth-order valence-electron chi connectivity index (χ4n) is 2.13. The van der Waals surface area contributed by atoms with E-state index in [0.29, 0.717) is 5.92 Å². The number of aryl methyl sites for hydroxylation is 1. The van der Waals surface area contributed by atoms with Gasteiger partial charge in [-0.25, -0.2) is 0 Å². The summed E-state index contributed by atoms with van der Waals surface area (Å²) in [5.41, 5.74) is 8.70. The first-order chi connectivity index (χ1) is 6.31. The molecule has 0 spiro atoms. The van der Waals surface area contributed by atoms with Gasteiger partial charge in [0, 0.05) is 4.47 Å². The molecule has 0 fully saturated rings. The largest absolute Gasteiger partial charge is 0.330 e. The van der Waals surface area contributed by atoms with E-state index < -0.39 is 0 Å². The molecule has 0 heterocycles. The third-order valence-electron chi connectivity index (χ3n) is 2.83. The quantitative estimate of drug-likeness (QED) is 0.802. The van der Waals surface area contributed by atoms with Crippen LogP contribution >= 0.6 is 15.9 Å². The summed E-state index contributed by atoms with van der Waals surface area (Å²) in [6.45, 7) is 0.786. The van der Waals surface area contributed by atoms with Gasteiger partial charge in [0.2, 0.25) is 0 Å². The van der Waals surface area contributed by atoms with Gasteiger partial charge in [-0.1, -0.05) is 22.0 Å². The van der Waals surface area contributed by atoms with Crippen molar-refractivity contribution in [2.24, 2.45) is 5.73 Å². The Labute approximate surface area is 87.5 Å². The maximum absolute atomic E-state index is 5.74. The van der Waals surface area contributed by atoms with Crippen molar-refractivity contribution in [2.75, 3.05) is 6.54 Å². The minimum absolute atomic E-state index is 0.594. The summed E-state index contributed by atoms with van der Waals surface area (Å²) in [6.07, 6.45) is 3.75. The van der Waals surface area contributed by atoms with E-state index in [9.17, 15) is 0 Å². The van der Waals surface area contributed by atoms with Gasteiger partial charge in [0.1, 0.15) is 0 Å². The molecule has 1 aromatic rings. The van der Waals surface area contributed by atoms with Crippen molar-refractivity contribution in [1.82, 2.24) is 0 Å². The number of halogens is 1. The molecular weight excluding hydrogens is 226 g/mol. The Kier molecular flexibility index (Phi) is 2.70. The second-order valence-corrected chi connectivity index (χ2v) is 4.58. The lowest BCUT2D eigenvalue weighted by molar-refractivity contribution is 0.560. The standard InChI is InChI=1S/C11H14BrN/c12-10-4-5-11-8(6-10)2-1-3-9(11)7-13/h4-6,9H,1-3,7,13H2. The smallest absolute Gasteiger partial charge is 0.0178 e. The molecule has 1 aliphatic rings. The minimum Gasteiger partial charge on any atom is -0.330 e. The summed E-state index contributed by atoms with van der Waals surface area (Å²) in [6, 6.07) is 6.57. The van der Waals surface area contributed by atoms with Crippen LogP contribution in [0.5, 0.6) is 0 Å². The summed E-state index contributed by atoms with van der Waals surface area (Å²) in [7, 11) is 0. The highest BCUT2D eigenvalue weighted by molar-refractivity contribution is 9.10. The molecule has 1 unspecified atom stereocenters. The number of nitrogens with two attached hydrogens (primary N) is 1.